The van der Waals surface area contributed by atoms with E-state index < -0.39 is 22.5 Å². The molecule has 0 unspecified atom stereocenters. The van der Waals surface area contributed by atoms with Gasteiger partial charge in [0.25, 0.3) is 10.0 Å². The molecule has 3 aromatic carbocycles. The first-order chi connectivity index (χ1) is 14.7. The van der Waals surface area contributed by atoms with Crippen molar-refractivity contribution >= 4 is 50.7 Å². The number of hydrogen-bond donors (Lipinski definition) is 1. The number of rotatable bonds is 7. The summed E-state index contributed by atoms with van der Waals surface area (Å²) in [5.74, 6) is -0.450. The van der Waals surface area contributed by atoms with Crippen molar-refractivity contribution < 1.29 is 13.2 Å². The number of para-hydroxylation sites is 1. The standard InChI is InChI=1S/C23H23ClN2O3S2/c1-16-8-12-19(13-9-16)31(28,29)26(18-11-10-17(2)20(24)14-18)15-23(27)25-21-6-4-5-7-22(21)30-3/h4-14H,15H2,1-3H3,(H,25,27). The Bertz CT molecular complexity index is 1200. The van der Waals surface area contributed by atoms with Crippen LogP contribution in [0.4, 0.5) is 11.4 Å². The number of nitrogens with zero attached hydrogens (tertiary/aromatic N) is 1. The van der Waals surface area contributed by atoms with Crippen LogP contribution in [0, 0.1) is 13.8 Å². The molecular weight excluding hydrogens is 452 g/mol. The second kappa shape index (κ2) is 9.77. The number of thioether (sulfide) groups is 1. The lowest BCUT2D eigenvalue weighted by Gasteiger charge is -2.25. The highest BCUT2D eigenvalue weighted by Crippen LogP contribution is 2.29. The van der Waals surface area contributed by atoms with Gasteiger partial charge in [0.05, 0.1) is 16.3 Å². The molecule has 0 radical (unpaired) electrons. The van der Waals surface area contributed by atoms with Crippen molar-refractivity contribution in [2.24, 2.45) is 0 Å². The quantitative estimate of drug-likeness (QED) is 0.458. The fraction of sp³-hybridized carbons (Fsp3) is 0.174. The molecule has 0 atom stereocenters. The van der Waals surface area contributed by atoms with Crippen LogP contribution >= 0.6 is 23.4 Å². The summed E-state index contributed by atoms with van der Waals surface area (Å²) in [4.78, 5) is 13.9. The Morgan fingerprint density at radius 1 is 1.03 bits per heavy atom. The van der Waals surface area contributed by atoms with Crippen LogP contribution < -0.4 is 9.62 Å². The van der Waals surface area contributed by atoms with Crippen molar-refractivity contribution in [1.82, 2.24) is 0 Å². The average Bonchev–Trinajstić information content (AvgIpc) is 2.74. The number of amides is 1. The normalized spacial score (nSPS) is 11.2. The number of anilines is 2. The van der Waals surface area contributed by atoms with Gasteiger partial charge in [0, 0.05) is 9.92 Å². The monoisotopic (exact) mass is 474 g/mol. The molecule has 0 spiro atoms. The van der Waals surface area contributed by atoms with Gasteiger partial charge in [0.2, 0.25) is 5.91 Å². The lowest BCUT2D eigenvalue weighted by molar-refractivity contribution is -0.114. The Kier molecular flexibility index (Phi) is 7.30. The zero-order valence-corrected chi connectivity index (χ0v) is 19.8. The summed E-state index contributed by atoms with van der Waals surface area (Å²) in [5.41, 5.74) is 2.71. The van der Waals surface area contributed by atoms with E-state index in [0.29, 0.717) is 16.4 Å². The highest BCUT2D eigenvalue weighted by molar-refractivity contribution is 7.98. The van der Waals surface area contributed by atoms with E-state index in [1.807, 2.05) is 38.3 Å². The van der Waals surface area contributed by atoms with Gasteiger partial charge in [-0.05, 0) is 62.1 Å². The van der Waals surface area contributed by atoms with Crippen molar-refractivity contribution in [3.63, 3.8) is 0 Å². The molecule has 0 bridgehead atoms. The van der Waals surface area contributed by atoms with Crippen LogP contribution in [0.2, 0.25) is 5.02 Å². The molecule has 5 nitrogen and oxygen atoms in total. The van der Waals surface area contributed by atoms with Crippen LogP contribution in [-0.4, -0.2) is 27.1 Å². The number of nitrogens with one attached hydrogen (secondary N) is 1. The van der Waals surface area contributed by atoms with Crippen LogP contribution in [0.25, 0.3) is 0 Å². The Hall–Kier alpha value is -2.48. The minimum absolute atomic E-state index is 0.104. The summed E-state index contributed by atoms with van der Waals surface area (Å²) < 4.78 is 28.0. The van der Waals surface area contributed by atoms with Gasteiger partial charge in [-0.3, -0.25) is 9.10 Å². The predicted molar refractivity (Wildman–Crippen MR) is 129 cm³/mol. The summed E-state index contributed by atoms with van der Waals surface area (Å²) in [6.45, 7) is 3.32. The van der Waals surface area contributed by atoms with E-state index in [9.17, 15) is 13.2 Å². The van der Waals surface area contributed by atoms with E-state index in [4.69, 9.17) is 11.6 Å². The van der Waals surface area contributed by atoms with Crippen LogP contribution in [0.5, 0.6) is 0 Å². The molecule has 0 saturated heterocycles. The molecule has 0 aromatic heterocycles. The summed E-state index contributed by atoms with van der Waals surface area (Å²) in [7, 11) is -3.99. The molecule has 3 aromatic rings. The number of aryl methyl sites for hydroxylation is 2. The summed E-state index contributed by atoms with van der Waals surface area (Å²) in [6.07, 6.45) is 1.91. The first-order valence-corrected chi connectivity index (χ1v) is 12.5. The fourth-order valence-electron chi connectivity index (χ4n) is 2.96. The third-order valence-electron chi connectivity index (χ3n) is 4.72. The zero-order chi connectivity index (χ0) is 22.6. The lowest BCUT2D eigenvalue weighted by atomic mass is 10.2. The third-order valence-corrected chi connectivity index (χ3v) is 7.71. The van der Waals surface area contributed by atoms with Gasteiger partial charge in [-0.15, -0.1) is 11.8 Å². The molecule has 0 aliphatic carbocycles. The van der Waals surface area contributed by atoms with Crippen molar-refractivity contribution in [3.05, 3.63) is 82.9 Å². The van der Waals surface area contributed by atoms with E-state index in [1.165, 1.54) is 23.9 Å². The number of benzene rings is 3. The number of halogens is 1. The van der Waals surface area contributed by atoms with Gasteiger partial charge in [-0.2, -0.15) is 0 Å². The van der Waals surface area contributed by atoms with E-state index in [1.54, 1.807) is 36.4 Å². The number of hydrogen-bond acceptors (Lipinski definition) is 4. The molecule has 0 heterocycles. The van der Waals surface area contributed by atoms with Gasteiger partial charge in [0.1, 0.15) is 6.54 Å². The molecule has 1 amide bonds. The van der Waals surface area contributed by atoms with Crippen LogP contribution in [0.1, 0.15) is 11.1 Å². The minimum atomic E-state index is -3.99. The van der Waals surface area contributed by atoms with E-state index in [0.717, 1.165) is 20.3 Å². The Labute approximate surface area is 192 Å². The topological polar surface area (TPSA) is 66.5 Å². The van der Waals surface area contributed by atoms with Crippen molar-refractivity contribution in [3.8, 4) is 0 Å². The SMILES string of the molecule is CSc1ccccc1NC(=O)CN(c1ccc(C)c(Cl)c1)S(=O)(=O)c1ccc(C)cc1. The van der Waals surface area contributed by atoms with E-state index >= 15 is 0 Å². The Balaban J connectivity index is 1.98. The number of sulfonamides is 1. The van der Waals surface area contributed by atoms with Gasteiger partial charge in [-0.25, -0.2) is 8.42 Å². The fourth-order valence-corrected chi connectivity index (χ4v) is 5.10. The van der Waals surface area contributed by atoms with E-state index in [-0.39, 0.29) is 4.90 Å². The first kappa shape index (κ1) is 23.2. The molecule has 0 fully saturated rings. The summed E-state index contributed by atoms with van der Waals surface area (Å²) >= 11 is 7.75. The second-order valence-corrected chi connectivity index (χ2v) is 10.1. The van der Waals surface area contributed by atoms with Crippen molar-refractivity contribution in [1.29, 1.82) is 0 Å². The third kappa shape index (κ3) is 5.42. The average molecular weight is 475 g/mol. The minimum Gasteiger partial charge on any atom is -0.323 e. The molecular formula is C23H23ClN2O3S2. The van der Waals surface area contributed by atoms with Crippen molar-refractivity contribution in [2.45, 2.75) is 23.6 Å². The number of carbonyl (C=O) groups excluding carboxylic acids is 1. The number of carbonyl (C=O) groups is 1. The highest BCUT2D eigenvalue weighted by atomic mass is 35.5. The van der Waals surface area contributed by atoms with Gasteiger partial charge < -0.3 is 5.32 Å². The van der Waals surface area contributed by atoms with Crippen molar-refractivity contribution in [2.75, 3.05) is 22.4 Å². The molecule has 0 aliphatic rings. The predicted octanol–water partition coefficient (Wildman–Crippen LogP) is 5.51. The summed E-state index contributed by atoms with van der Waals surface area (Å²) in [5, 5.41) is 3.25. The molecule has 1 N–H and O–H groups in total. The largest absolute Gasteiger partial charge is 0.323 e. The molecule has 3 rings (SSSR count). The second-order valence-electron chi connectivity index (χ2n) is 7.01. The van der Waals surface area contributed by atoms with Crippen LogP contribution in [-0.2, 0) is 14.8 Å². The van der Waals surface area contributed by atoms with Gasteiger partial charge >= 0.3 is 0 Å². The lowest BCUT2D eigenvalue weighted by Crippen LogP contribution is -2.38. The highest BCUT2D eigenvalue weighted by Gasteiger charge is 2.27. The smallest absolute Gasteiger partial charge is 0.264 e. The summed E-state index contributed by atoms with van der Waals surface area (Å²) in [6, 6.07) is 18.8. The zero-order valence-electron chi connectivity index (χ0n) is 17.4. The van der Waals surface area contributed by atoms with Crippen LogP contribution in [0.3, 0.4) is 0 Å². The molecule has 8 heteroatoms. The maximum absolute atomic E-state index is 13.5. The maximum atomic E-state index is 13.5. The Morgan fingerprint density at radius 3 is 2.35 bits per heavy atom. The van der Waals surface area contributed by atoms with Gasteiger partial charge in [-0.1, -0.05) is 47.5 Å². The van der Waals surface area contributed by atoms with E-state index in [2.05, 4.69) is 5.32 Å². The molecule has 0 aliphatic heterocycles. The molecule has 162 valence electrons. The van der Waals surface area contributed by atoms with Crippen LogP contribution in [0.15, 0.2) is 76.5 Å². The molecule has 0 saturated carbocycles. The Morgan fingerprint density at radius 2 is 1.71 bits per heavy atom. The maximum Gasteiger partial charge on any atom is 0.264 e. The molecule has 31 heavy (non-hydrogen) atoms. The van der Waals surface area contributed by atoms with Gasteiger partial charge in [0.15, 0.2) is 0 Å². The first-order valence-electron chi connectivity index (χ1n) is 9.51.